The van der Waals surface area contributed by atoms with Gasteiger partial charge < -0.3 is 5.11 Å². The molecule has 7 nitrogen and oxygen atoms in total. The van der Waals surface area contributed by atoms with Crippen LogP contribution in [-0.2, 0) is 4.79 Å². The standard InChI is InChI=1S/C39H42N2O5/c1-6-10-23(11-7-2)40(21-42)37(44)30-20-31(43)35-27-17-19-29-34-28(38(45)41(39(29)46)24(12-8-3)13-9-4)18-16-25(33(27)34)26-15-14-22(5)32(30)36(26)35/h14-21,23-24,43H,6-13H2,1-5H3. The molecule has 0 atom stereocenters. The Bertz CT molecular complexity index is 1990. The zero-order valence-corrected chi connectivity index (χ0v) is 27.4. The number of carbonyl (C=O) groups excluding carboxylic acids is 4. The number of imide groups is 2. The Balaban J connectivity index is 1.64. The number of carbonyl (C=O) groups is 4. The summed E-state index contributed by atoms with van der Waals surface area (Å²) in [7, 11) is 0. The molecule has 0 aromatic heterocycles. The molecule has 0 spiro atoms. The van der Waals surface area contributed by atoms with E-state index in [4.69, 9.17) is 0 Å². The number of amides is 4. The lowest BCUT2D eigenvalue weighted by Gasteiger charge is -2.34. The highest BCUT2D eigenvalue weighted by atomic mass is 16.3. The third-order valence-electron chi connectivity index (χ3n) is 9.91. The van der Waals surface area contributed by atoms with Gasteiger partial charge in [0.15, 0.2) is 0 Å². The number of rotatable bonds is 12. The van der Waals surface area contributed by atoms with E-state index in [0.717, 1.165) is 65.6 Å². The topological polar surface area (TPSA) is 95.0 Å². The number of phenols is 1. The first kappa shape index (κ1) is 31.5. The monoisotopic (exact) mass is 618 g/mol. The molecule has 238 valence electrons. The van der Waals surface area contributed by atoms with Crippen LogP contribution < -0.4 is 0 Å². The molecule has 0 bridgehead atoms. The van der Waals surface area contributed by atoms with E-state index < -0.39 is 5.91 Å². The van der Waals surface area contributed by atoms with E-state index in [1.165, 1.54) is 15.9 Å². The molecule has 0 saturated carbocycles. The maximum Gasteiger partial charge on any atom is 0.261 e. The van der Waals surface area contributed by atoms with Gasteiger partial charge in [-0.15, -0.1) is 0 Å². The Morgan fingerprint density at radius 2 is 1.28 bits per heavy atom. The molecule has 5 aromatic rings. The van der Waals surface area contributed by atoms with Gasteiger partial charge in [0.05, 0.1) is 5.56 Å². The molecule has 1 aliphatic heterocycles. The van der Waals surface area contributed by atoms with Gasteiger partial charge in [-0.05, 0) is 83.3 Å². The third kappa shape index (κ3) is 4.62. The molecule has 0 aliphatic carbocycles. The minimum Gasteiger partial charge on any atom is -0.507 e. The van der Waals surface area contributed by atoms with E-state index in [-0.39, 0.29) is 35.2 Å². The molecule has 0 unspecified atom stereocenters. The number of fused-ring (bicyclic) bond motifs is 2. The van der Waals surface area contributed by atoms with E-state index in [1.54, 1.807) is 6.07 Å². The molecule has 0 radical (unpaired) electrons. The lowest BCUT2D eigenvalue weighted by Crippen LogP contribution is -2.47. The lowest BCUT2D eigenvalue weighted by molar-refractivity contribution is -0.117. The smallest absolute Gasteiger partial charge is 0.261 e. The van der Waals surface area contributed by atoms with Crippen molar-refractivity contribution in [2.75, 3.05) is 0 Å². The summed E-state index contributed by atoms with van der Waals surface area (Å²) in [5.41, 5.74) is 2.12. The summed E-state index contributed by atoms with van der Waals surface area (Å²) in [6.07, 6.45) is 6.95. The van der Waals surface area contributed by atoms with E-state index in [1.807, 2.05) is 51.1 Å². The van der Waals surface area contributed by atoms with Gasteiger partial charge in [-0.1, -0.05) is 77.6 Å². The number of benzene rings is 5. The fourth-order valence-corrected chi connectivity index (χ4v) is 7.95. The van der Waals surface area contributed by atoms with Crippen LogP contribution in [0.15, 0.2) is 42.5 Å². The second kappa shape index (κ2) is 12.3. The second-order valence-corrected chi connectivity index (χ2v) is 12.8. The molecule has 1 heterocycles. The van der Waals surface area contributed by atoms with Crippen LogP contribution in [0.4, 0.5) is 0 Å². The molecule has 46 heavy (non-hydrogen) atoms. The summed E-state index contributed by atoms with van der Waals surface area (Å²) in [6.45, 7) is 10.1. The van der Waals surface area contributed by atoms with Crippen LogP contribution in [0.3, 0.4) is 0 Å². The van der Waals surface area contributed by atoms with Gasteiger partial charge in [0.25, 0.3) is 17.7 Å². The second-order valence-electron chi connectivity index (χ2n) is 12.8. The van der Waals surface area contributed by atoms with Crippen molar-refractivity contribution in [3.8, 4) is 5.75 Å². The first-order chi connectivity index (χ1) is 22.2. The molecule has 1 aliphatic rings. The third-order valence-corrected chi connectivity index (χ3v) is 9.91. The average molecular weight is 619 g/mol. The van der Waals surface area contributed by atoms with Crippen molar-refractivity contribution in [2.24, 2.45) is 0 Å². The highest BCUT2D eigenvalue weighted by Gasteiger charge is 2.38. The molecular weight excluding hydrogens is 576 g/mol. The molecule has 1 N–H and O–H groups in total. The van der Waals surface area contributed by atoms with Gasteiger partial charge in [0.2, 0.25) is 6.41 Å². The summed E-state index contributed by atoms with van der Waals surface area (Å²) in [6, 6.07) is 12.4. The van der Waals surface area contributed by atoms with Crippen LogP contribution >= 0.6 is 0 Å². The summed E-state index contributed by atoms with van der Waals surface area (Å²) >= 11 is 0. The Kier molecular flexibility index (Phi) is 8.45. The average Bonchev–Trinajstić information content (AvgIpc) is 3.04. The fraction of sp³-hybridized carbons (Fsp3) is 0.385. The molecule has 6 rings (SSSR count). The molecule has 0 fully saturated rings. The first-order valence-corrected chi connectivity index (χ1v) is 16.8. The highest BCUT2D eigenvalue weighted by Crippen LogP contribution is 2.48. The van der Waals surface area contributed by atoms with Crippen LogP contribution in [0, 0.1) is 6.92 Å². The van der Waals surface area contributed by atoms with Crippen LogP contribution in [0.25, 0.3) is 43.1 Å². The zero-order valence-electron chi connectivity index (χ0n) is 27.4. The molecule has 5 aromatic carbocycles. The van der Waals surface area contributed by atoms with Crippen LogP contribution in [-0.4, -0.2) is 51.1 Å². The van der Waals surface area contributed by atoms with Gasteiger partial charge in [-0.3, -0.25) is 29.0 Å². The van der Waals surface area contributed by atoms with Crippen molar-refractivity contribution in [1.82, 2.24) is 9.80 Å². The van der Waals surface area contributed by atoms with Crippen molar-refractivity contribution in [3.05, 3.63) is 64.7 Å². The number of nitrogens with zero attached hydrogens (tertiary/aromatic N) is 2. The fourth-order valence-electron chi connectivity index (χ4n) is 7.95. The van der Waals surface area contributed by atoms with Crippen LogP contribution in [0.1, 0.15) is 116 Å². The normalized spacial score (nSPS) is 13.4. The van der Waals surface area contributed by atoms with Crippen LogP contribution in [0.2, 0.25) is 0 Å². The van der Waals surface area contributed by atoms with Crippen molar-refractivity contribution in [3.63, 3.8) is 0 Å². The predicted molar refractivity (Wildman–Crippen MR) is 184 cm³/mol. The Labute approximate surface area is 269 Å². The summed E-state index contributed by atoms with van der Waals surface area (Å²) in [5, 5.41) is 17.4. The van der Waals surface area contributed by atoms with Gasteiger partial charge in [0.1, 0.15) is 5.75 Å². The summed E-state index contributed by atoms with van der Waals surface area (Å²) < 4.78 is 0. The summed E-state index contributed by atoms with van der Waals surface area (Å²) in [4.78, 5) is 57.3. The Morgan fingerprint density at radius 3 is 1.85 bits per heavy atom. The molecule has 7 heteroatoms. The van der Waals surface area contributed by atoms with Crippen LogP contribution in [0.5, 0.6) is 5.75 Å². The van der Waals surface area contributed by atoms with Gasteiger partial charge >= 0.3 is 0 Å². The van der Waals surface area contributed by atoms with E-state index in [9.17, 15) is 24.3 Å². The van der Waals surface area contributed by atoms with E-state index >= 15 is 0 Å². The number of aryl methyl sites for hydroxylation is 1. The van der Waals surface area contributed by atoms with Gasteiger partial charge in [-0.2, -0.15) is 0 Å². The zero-order chi connectivity index (χ0) is 32.9. The predicted octanol–water partition coefficient (Wildman–Crippen LogP) is 8.88. The van der Waals surface area contributed by atoms with Crippen molar-refractivity contribution < 1.29 is 24.3 Å². The van der Waals surface area contributed by atoms with Gasteiger partial charge in [0, 0.05) is 39.4 Å². The molecule has 4 amide bonds. The summed E-state index contributed by atoms with van der Waals surface area (Å²) in [5.74, 6) is -1.06. The minimum absolute atomic E-state index is 0.0801. The highest BCUT2D eigenvalue weighted by molar-refractivity contribution is 6.40. The maximum atomic E-state index is 14.1. The largest absolute Gasteiger partial charge is 0.507 e. The van der Waals surface area contributed by atoms with Gasteiger partial charge in [-0.25, -0.2) is 0 Å². The lowest BCUT2D eigenvalue weighted by atomic mass is 9.82. The number of phenolic OH excluding ortho intramolecular Hbond substituents is 1. The number of aromatic hydroxyl groups is 1. The van der Waals surface area contributed by atoms with E-state index in [2.05, 4.69) is 13.8 Å². The maximum absolute atomic E-state index is 14.1. The number of hydrogen-bond donors (Lipinski definition) is 1. The quantitative estimate of drug-likeness (QED) is 0.0652. The van der Waals surface area contributed by atoms with E-state index in [0.29, 0.717) is 51.9 Å². The van der Waals surface area contributed by atoms with Crippen molar-refractivity contribution in [2.45, 2.75) is 98.1 Å². The minimum atomic E-state index is -0.426. The molecule has 0 saturated heterocycles. The Morgan fingerprint density at radius 1 is 0.739 bits per heavy atom. The van der Waals surface area contributed by atoms with Crippen molar-refractivity contribution >= 4 is 67.2 Å². The SMILES string of the molecule is CCCC(CCC)N(C=O)C(=O)c1cc(O)c2c3ccc4c5c(ccc(c6ccc(C)c1c62)c53)C(=O)N(C(CCC)CCC)C4=O. The molecular formula is C39H42N2O5. The number of hydrogen-bond acceptors (Lipinski definition) is 5. The van der Waals surface area contributed by atoms with Crippen molar-refractivity contribution in [1.29, 1.82) is 0 Å². The first-order valence-electron chi connectivity index (χ1n) is 16.8. The Hall–Kier alpha value is -4.52.